The number of hydrogen-bond acceptors (Lipinski definition) is 3. The van der Waals surface area contributed by atoms with Gasteiger partial charge in [-0.05, 0) is 30.9 Å². The van der Waals surface area contributed by atoms with Crippen LogP contribution in [-0.4, -0.2) is 24.0 Å². The lowest BCUT2D eigenvalue weighted by Gasteiger charge is -2.23. The van der Waals surface area contributed by atoms with Crippen LogP contribution in [0, 0.1) is 17.8 Å². The summed E-state index contributed by atoms with van der Waals surface area (Å²) in [6, 6.07) is 5.15. The zero-order valence-electron chi connectivity index (χ0n) is 11.3. The van der Waals surface area contributed by atoms with E-state index >= 15 is 0 Å². The predicted molar refractivity (Wildman–Crippen MR) is 78.5 cm³/mol. The van der Waals surface area contributed by atoms with Crippen molar-refractivity contribution in [3.8, 4) is 11.8 Å². The molecule has 0 aliphatic heterocycles. The molecule has 1 aliphatic rings. The Hall–Kier alpha value is -0.820. The molecule has 98 valence electrons. The molecule has 2 nitrogen and oxygen atoms in total. The highest BCUT2D eigenvalue weighted by Crippen LogP contribution is 2.30. The third-order valence-corrected chi connectivity index (χ3v) is 3.98. The fraction of sp³-hybridized carbons (Fsp3) is 0.600. The van der Waals surface area contributed by atoms with Gasteiger partial charge >= 0.3 is 0 Å². The zero-order chi connectivity index (χ0) is 13.0. The van der Waals surface area contributed by atoms with Gasteiger partial charge in [0.2, 0.25) is 0 Å². The molecule has 3 heteroatoms. The average Bonchev–Trinajstić information content (AvgIpc) is 3.07. The van der Waals surface area contributed by atoms with Crippen molar-refractivity contribution in [2.45, 2.75) is 39.3 Å². The number of nitrogens with zero attached hydrogens (tertiary/aromatic N) is 1. The third-order valence-electron chi connectivity index (χ3n) is 3.00. The SMILES string of the molecule is CC(C)CN(Cc1ccc(C#CCN)s1)C1CC1. The van der Waals surface area contributed by atoms with Crippen LogP contribution < -0.4 is 5.73 Å². The van der Waals surface area contributed by atoms with Gasteiger partial charge in [-0.3, -0.25) is 4.90 Å². The van der Waals surface area contributed by atoms with Crippen molar-refractivity contribution < 1.29 is 0 Å². The van der Waals surface area contributed by atoms with Crippen molar-refractivity contribution in [1.82, 2.24) is 4.90 Å². The van der Waals surface area contributed by atoms with Crippen molar-refractivity contribution in [2.75, 3.05) is 13.1 Å². The fourth-order valence-corrected chi connectivity index (χ4v) is 3.03. The number of thiophene rings is 1. The number of rotatable bonds is 5. The monoisotopic (exact) mass is 262 g/mol. The van der Waals surface area contributed by atoms with Gasteiger partial charge in [-0.15, -0.1) is 11.3 Å². The minimum atomic E-state index is 0.439. The molecule has 1 fully saturated rings. The van der Waals surface area contributed by atoms with Gasteiger partial charge < -0.3 is 5.73 Å². The van der Waals surface area contributed by atoms with Crippen molar-refractivity contribution in [3.05, 3.63) is 21.9 Å². The van der Waals surface area contributed by atoms with E-state index in [1.54, 1.807) is 11.3 Å². The Labute approximate surface area is 114 Å². The lowest BCUT2D eigenvalue weighted by Crippen LogP contribution is -2.29. The molecule has 1 heterocycles. The first-order valence-corrected chi connectivity index (χ1v) is 7.52. The predicted octanol–water partition coefficient (Wildman–Crippen LogP) is 2.68. The van der Waals surface area contributed by atoms with Gasteiger partial charge in [0.05, 0.1) is 11.4 Å². The van der Waals surface area contributed by atoms with Crippen LogP contribution in [0.1, 0.15) is 36.4 Å². The summed E-state index contributed by atoms with van der Waals surface area (Å²) in [6.45, 7) is 7.31. The Morgan fingerprint density at radius 3 is 2.83 bits per heavy atom. The van der Waals surface area contributed by atoms with Crippen LogP contribution in [0.25, 0.3) is 0 Å². The lowest BCUT2D eigenvalue weighted by atomic mass is 10.2. The lowest BCUT2D eigenvalue weighted by molar-refractivity contribution is 0.228. The Kier molecular flexibility index (Phi) is 4.82. The molecule has 0 amide bonds. The second kappa shape index (κ2) is 6.38. The molecule has 1 aliphatic carbocycles. The van der Waals surface area contributed by atoms with E-state index in [2.05, 4.69) is 42.7 Å². The molecule has 0 aromatic carbocycles. The first-order chi connectivity index (χ1) is 8.69. The molecule has 0 radical (unpaired) electrons. The molecule has 0 saturated heterocycles. The largest absolute Gasteiger partial charge is 0.320 e. The summed E-state index contributed by atoms with van der Waals surface area (Å²) in [5.41, 5.74) is 5.39. The van der Waals surface area contributed by atoms with Crippen LogP contribution in [0.15, 0.2) is 12.1 Å². The molecule has 18 heavy (non-hydrogen) atoms. The van der Waals surface area contributed by atoms with E-state index in [1.165, 1.54) is 24.3 Å². The standard InChI is InChI=1S/C15H22N2S/c1-12(2)10-17(13-5-6-13)11-15-8-7-14(18-15)4-3-9-16/h7-8,12-13H,5-6,9-11,16H2,1-2H3. The Morgan fingerprint density at radius 1 is 1.44 bits per heavy atom. The molecular formula is C15H22N2S. The van der Waals surface area contributed by atoms with E-state index in [-0.39, 0.29) is 0 Å². The Morgan fingerprint density at radius 2 is 2.22 bits per heavy atom. The second-order valence-electron chi connectivity index (χ2n) is 5.33. The highest BCUT2D eigenvalue weighted by Gasteiger charge is 2.29. The summed E-state index contributed by atoms with van der Waals surface area (Å²) in [4.78, 5) is 5.18. The first kappa shape index (κ1) is 13.6. The van der Waals surface area contributed by atoms with Crippen LogP contribution in [0.2, 0.25) is 0 Å². The average molecular weight is 262 g/mol. The van der Waals surface area contributed by atoms with Gasteiger partial charge in [0.15, 0.2) is 0 Å². The summed E-state index contributed by atoms with van der Waals surface area (Å²) in [5, 5.41) is 0. The zero-order valence-corrected chi connectivity index (χ0v) is 12.1. The van der Waals surface area contributed by atoms with Crippen molar-refractivity contribution in [2.24, 2.45) is 11.7 Å². The normalized spacial score (nSPS) is 14.9. The molecule has 2 rings (SSSR count). The smallest absolute Gasteiger partial charge is 0.0772 e. The van der Waals surface area contributed by atoms with E-state index in [4.69, 9.17) is 5.73 Å². The second-order valence-corrected chi connectivity index (χ2v) is 6.49. The maximum Gasteiger partial charge on any atom is 0.0772 e. The van der Waals surface area contributed by atoms with Gasteiger partial charge in [-0.2, -0.15) is 0 Å². The van der Waals surface area contributed by atoms with Gasteiger partial charge in [0.25, 0.3) is 0 Å². The summed E-state index contributed by atoms with van der Waals surface area (Å²) >= 11 is 1.80. The van der Waals surface area contributed by atoms with Crippen LogP contribution >= 0.6 is 11.3 Å². The van der Waals surface area contributed by atoms with Crippen LogP contribution in [-0.2, 0) is 6.54 Å². The maximum atomic E-state index is 5.39. The molecule has 1 aromatic heterocycles. The van der Waals surface area contributed by atoms with Crippen molar-refractivity contribution in [3.63, 3.8) is 0 Å². The number of hydrogen-bond donors (Lipinski definition) is 1. The highest BCUT2D eigenvalue weighted by molar-refractivity contribution is 7.12. The van der Waals surface area contributed by atoms with Gasteiger partial charge in [-0.1, -0.05) is 25.7 Å². The molecule has 1 aromatic rings. The van der Waals surface area contributed by atoms with Crippen molar-refractivity contribution in [1.29, 1.82) is 0 Å². The summed E-state index contributed by atoms with van der Waals surface area (Å²) in [6.07, 6.45) is 2.75. The Balaban J connectivity index is 1.95. The van der Waals surface area contributed by atoms with Crippen LogP contribution in [0.3, 0.4) is 0 Å². The first-order valence-electron chi connectivity index (χ1n) is 6.70. The molecule has 0 bridgehead atoms. The Bertz CT molecular complexity index is 435. The van der Waals surface area contributed by atoms with Gasteiger partial charge in [-0.25, -0.2) is 0 Å². The molecule has 1 saturated carbocycles. The summed E-state index contributed by atoms with van der Waals surface area (Å²) < 4.78 is 0. The summed E-state index contributed by atoms with van der Waals surface area (Å²) in [5.74, 6) is 6.76. The van der Waals surface area contributed by atoms with Crippen molar-refractivity contribution >= 4 is 11.3 Å². The minimum absolute atomic E-state index is 0.439. The molecule has 2 N–H and O–H groups in total. The quantitative estimate of drug-likeness (QED) is 0.827. The third kappa shape index (κ3) is 4.13. The van der Waals surface area contributed by atoms with Crippen LogP contribution in [0.5, 0.6) is 0 Å². The summed E-state index contributed by atoms with van der Waals surface area (Å²) in [7, 11) is 0. The van der Waals surface area contributed by atoms with Gasteiger partial charge in [0.1, 0.15) is 0 Å². The molecular weight excluding hydrogens is 240 g/mol. The van der Waals surface area contributed by atoms with E-state index in [0.717, 1.165) is 23.4 Å². The van der Waals surface area contributed by atoms with E-state index in [0.29, 0.717) is 6.54 Å². The molecule has 0 spiro atoms. The van der Waals surface area contributed by atoms with Crippen LogP contribution in [0.4, 0.5) is 0 Å². The minimum Gasteiger partial charge on any atom is -0.320 e. The van der Waals surface area contributed by atoms with E-state index < -0.39 is 0 Å². The van der Waals surface area contributed by atoms with Gasteiger partial charge in [0, 0.05) is 24.0 Å². The van der Waals surface area contributed by atoms with E-state index in [9.17, 15) is 0 Å². The number of nitrogens with two attached hydrogens (primary N) is 1. The highest BCUT2D eigenvalue weighted by atomic mass is 32.1. The fourth-order valence-electron chi connectivity index (χ4n) is 2.12. The topological polar surface area (TPSA) is 29.3 Å². The molecule has 0 atom stereocenters. The maximum absolute atomic E-state index is 5.39. The van der Waals surface area contributed by atoms with E-state index in [1.807, 2.05) is 0 Å². The molecule has 0 unspecified atom stereocenters.